The molecule has 0 bridgehead atoms. The first-order chi connectivity index (χ1) is 9.09. The van der Waals surface area contributed by atoms with E-state index in [-0.39, 0.29) is 11.1 Å². The predicted molar refractivity (Wildman–Crippen MR) is 74.0 cm³/mol. The molecule has 0 fully saturated rings. The molecule has 2 N–H and O–H groups in total. The summed E-state index contributed by atoms with van der Waals surface area (Å²) >= 11 is 0. The summed E-state index contributed by atoms with van der Waals surface area (Å²) in [4.78, 5) is 26.8. The second kappa shape index (κ2) is 3.98. The van der Waals surface area contributed by atoms with Crippen molar-refractivity contribution in [3.05, 3.63) is 62.2 Å². The molecule has 96 valence electrons. The summed E-state index contributed by atoms with van der Waals surface area (Å²) in [6.07, 6.45) is 0. The van der Waals surface area contributed by atoms with E-state index in [1.807, 2.05) is 30.3 Å². The van der Waals surface area contributed by atoms with Crippen molar-refractivity contribution >= 4 is 11.0 Å². The minimum Gasteiger partial charge on any atom is -0.307 e. The highest BCUT2D eigenvalue weighted by atomic mass is 16.1. The van der Waals surface area contributed by atoms with Crippen LogP contribution in [0.4, 0.5) is 0 Å². The zero-order valence-electron chi connectivity index (χ0n) is 10.7. The van der Waals surface area contributed by atoms with E-state index in [0.717, 1.165) is 11.3 Å². The second-order valence-corrected chi connectivity index (χ2v) is 4.54. The van der Waals surface area contributed by atoms with Crippen molar-refractivity contribution in [2.24, 2.45) is 0 Å². The number of rotatable bonds is 1. The van der Waals surface area contributed by atoms with Crippen molar-refractivity contribution < 1.29 is 0 Å². The van der Waals surface area contributed by atoms with Crippen LogP contribution >= 0.6 is 0 Å². The minimum atomic E-state index is -0.175. The fraction of sp³-hybridized carbons (Fsp3) is 0.143. The van der Waals surface area contributed by atoms with Gasteiger partial charge < -0.3 is 4.98 Å². The molecule has 0 radical (unpaired) electrons. The fourth-order valence-corrected chi connectivity index (χ4v) is 2.20. The first-order valence-corrected chi connectivity index (χ1v) is 5.99. The summed E-state index contributed by atoms with van der Waals surface area (Å²) in [5.41, 5.74) is 2.16. The van der Waals surface area contributed by atoms with Gasteiger partial charge >= 0.3 is 0 Å². The normalized spacial score (nSPS) is 11.1. The van der Waals surface area contributed by atoms with Crippen LogP contribution < -0.4 is 11.1 Å². The number of para-hydroxylation sites is 1. The third kappa shape index (κ3) is 1.62. The molecule has 0 amide bonds. The Kier molecular flexibility index (Phi) is 2.41. The lowest BCUT2D eigenvalue weighted by Gasteiger charge is -1.98. The first-order valence-electron chi connectivity index (χ1n) is 5.99. The molecule has 0 atom stereocenters. The van der Waals surface area contributed by atoms with Gasteiger partial charge in [0.25, 0.3) is 11.1 Å². The summed E-state index contributed by atoms with van der Waals surface area (Å²) in [6, 6.07) is 9.25. The van der Waals surface area contributed by atoms with Gasteiger partial charge in [-0.1, -0.05) is 18.2 Å². The van der Waals surface area contributed by atoms with Crippen LogP contribution in [0, 0.1) is 13.8 Å². The quantitative estimate of drug-likeness (QED) is 0.693. The smallest absolute Gasteiger partial charge is 0.281 e. The van der Waals surface area contributed by atoms with Gasteiger partial charge in [-0.25, -0.2) is 4.68 Å². The number of fused-ring (bicyclic) bond motifs is 1. The van der Waals surface area contributed by atoms with E-state index < -0.39 is 0 Å². The number of pyridine rings is 1. The highest BCUT2D eigenvalue weighted by Gasteiger charge is 2.13. The highest BCUT2D eigenvalue weighted by molar-refractivity contribution is 5.79. The van der Waals surface area contributed by atoms with E-state index >= 15 is 0 Å². The number of hydrogen-bond donors (Lipinski definition) is 2. The second-order valence-electron chi connectivity index (χ2n) is 4.54. The van der Waals surface area contributed by atoms with Gasteiger partial charge in [0.15, 0.2) is 0 Å². The van der Waals surface area contributed by atoms with E-state index in [9.17, 15) is 9.59 Å². The molecule has 0 unspecified atom stereocenters. The average molecular weight is 255 g/mol. The Morgan fingerprint density at radius 3 is 2.37 bits per heavy atom. The van der Waals surface area contributed by atoms with Crippen LogP contribution in [0.3, 0.4) is 0 Å². The van der Waals surface area contributed by atoms with E-state index in [0.29, 0.717) is 16.6 Å². The molecule has 0 aliphatic rings. The summed E-state index contributed by atoms with van der Waals surface area (Å²) in [7, 11) is 0. The van der Waals surface area contributed by atoms with Crippen molar-refractivity contribution in [1.29, 1.82) is 0 Å². The van der Waals surface area contributed by atoms with Gasteiger partial charge in [0.2, 0.25) is 0 Å². The largest absolute Gasteiger partial charge is 0.307 e. The van der Waals surface area contributed by atoms with Gasteiger partial charge in [0.1, 0.15) is 5.65 Å². The van der Waals surface area contributed by atoms with Crippen molar-refractivity contribution in [3.63, 3.8) is 0 Å². The molecule has 3 aromatic rings. The Bertz CT molecular complexity index is 869. The Morgan fingerprint density at radius 2 is 1.68 bits per heavy atom. The topological polar surface area (TPSA) is 70.7 Å². The number of hydrogen-bond acceptors (Lipinski definition) is 2. The molecule has 2 heterocycles. The summed E-state index contributed by atoms with van der Waals surface area (Å²) < 4.78 is 1.44. The van der Waals surface area contributed by atoms with E-state index in [1.54, 1.807) is 13.8 Å². The van der Waals surface area contributed by atoms with Gasteiger partial charge in [-0.05, 0) is 31.5 Å². The SMILES string of the molecule is Cc1c(C)c2c(=O)n(-c3ccccc3)[nH]c2[nH]c1=O. The third-order valence-electron chi connectivity index (χ3n) is 3.42. The van der Waals surface area contributed by atoms with Gasteiger partial charge in [0, 0.05) is 5.56 Å². The van der Waals surface area contributed by atoms with Crippen molar-refractivity contribution in [3.8, 4) is 5.69 Å². The van der Waals surface area contributed by atoms with Crippen LogP contribution in [0.1, 0.15) is 11.1 Å². The molecule has 0 saturated heterocycles. The molecule has 0 spiro atoms. The standard InChI is InChI=1S/C14H13N3O2/c1-8-9(2)13(18)15-12-11(8)14(19)17(16-12)10-6-4-3-5-7-10/h3-7H,1-2H3,(H2,15,16,18). The summed E-state index contributed by atoms with van der Waals surface area (Å²) in [5, 5.41) is 3.47. The fourth-order valence-electron chi connectivity index (χ4n) is 2.20. The lowest BCUT2D eigenvalue weighted by atomic mass is 10.1. The number of aromatic nitrogens is 3. The van der Waals surface area contributed by atoms with Crippen molar-refractivity contribution in [2.45, 2.75) is 13.8 Å². The molecule has 0 aliphatic heterocycles. The van der Waals surface area contributed by atoms with Crippen molar-refractivity contribution in [2.75, 3.05) is 0 Å². The molecular weight excluding hydrogens is 242 g/mol. The maximum absolute atomic E-state index is 12.4. The van der Waals surface area contributed by atoms with Gasteiger partial charge in [-0.2, -0.15) is 0 Å². The van der Waals surface area contributed by atoms with Gasteiger partial charge in [-0.15, -0.1) is 0 Å². The van der Waals surface area contributed by atoms with Gasteiger partial charge in [-0.3, -0.25) is 14.7 Å². The third-order valence-corrected chi connectivity index (χ3v) is 3.42. The molecule has 19 heavy (non-hydrogen) atoms. The molecule has 2 aromatic heterocycles. The molecular formula is C14H13N3O2. The number of benzene rings is 1. The first kappa shape index (κ1) is 11.5. The number of aryl methyl sites for hydroxylation is 1. The highest BCUT2D eigenvalue weighted by Crippen LogP contribution is 2.13. The van der Waals surface area contributed by atoms with E-state index in [1.165, 1.54) is 4.68 Å². The number of nitrogens with zero attached hydrogens (tertiary/aromatic N) is 1. The van der Waals surface area contributed by atoms with E-state index in [4.69, 9.17) is 0 Å². The molecule has 1 aromatic carbocycles. The number of H-pyrrole nitrogens is 2. The van der Waals surface area contributed by atoms with Crippen LogP contribution in [0.15, 0.2) is 39.9 Å². The summed E-state index contributed by atoms with van der Waals surface area (Å²) in [5.74, 6) is 0. The Labute approximate surface area is 108 Å². The van der Waals surface area contributed by atoms with Crippen LogP contribution in [0.5, 0.6) is 0 Å². The average Bonchev–Trinajstić information content (AvgIpc) is 2.74. The van der Waals surface area contributed by atoms with Gasteiger partial charge in [0.05, 0.1) is 11.1 Å². The molecule has 5 nitrogen and oxygen atoms in total. The maximum Gasteiger partial charge on any atom is 0.281 e. The Morgan fingerprint density at radius 1 is 1.00 bits per heavy atom. The summed E-state index contributed by atoms with van der Waals surface area (Å²) in [6.45, 7) is 3.50. The molecule has 0 saturated carbocycles. The van der Waals surface area contributed by atoms with E-state index in [2.05, 4.69) is 10.1 Å². The lowest BCUT2D eigenvalue weighted by Crippen LogP contribution is -2.16. The molecule has 3 rings (SSSR count). The van der Waals surface area contributed by atoms with Crippen LogP contribution in [-0.4, -0.2) is 14.8 Å². The Balaban J connectivity index is 2.43. The lowest BCUT2D eigenvalue weighted by molar-refractivity contribution is 0.857. The predicted octanol–water partition coefficient (Wildman–Crippen LogP) is 1.62. The maximum atomic E-state index is 12.4. The minimum absolute atomic E-state index is 0.155. The van der Waals surface area contributed by atoms with Crippen LogP contribution in [0.2, 0.25) is 0 Å². The number of nitrogens with one attached hydrogen (secondary N) is 2. The molecule has 5 heteroatoms. The van der Waals surface area contributed by atoms with Crippen molar-refractivity contribution in [1.82, 2.24) is 14.8 Å². The monoisotopic (exact) mass is 255 g/mol. The van der Waals surface area contributed by atoms with Crippen LogP contribution in [-0.2, 0) is 0 Å². The number of aromatic amines is 2. The zero-order valence-corrected chi connectivity index (χ0v) is 10.7. The zero-order chi connectivity index (χ0) is 13.6. The Hall–Kier alpha value is -2.56. The molecule has 0 aliphatic carbocycles. The van der Waals surface area contributed by atoms with Crippen LogP contribution in [0.25, 0.3) is 16.7 Å².